The van der Waals surface area contributed by atoms with Gasteiger partial charge in [0.15, 0.2) is 0 Å². The Hall–Kier alpha value is -2.37. The summed E-state index contributed by atoms with van der Waals surface area (Å²) in [6.07, 6.45) is 4.61. The van der Waals surface area contributed by atoms with Gasteiger partial charge in [-0.05, 0) is 25.1 Å². The van der Waals surface area contributed by atoms with Gasteiger partial charge in [0, 0.05) is 31.4 Å². The molecule has 2 aromatic rings. The first-order chi connectivity index (χ1) is 10.2. The van der Waals surface area contributed by atoms with Gasteiger partial charge in [-0.1, -0.05) is 0 Å². The number of carbonyl (C=O) groups excluding carboxylic acids is 1. The van der Waals surface area contributed by atoms with E-state index in [0.717, 1.165) is 18.7 Å². The predicted molar refractivity (Wildman–Crippen MR) is 76.8 cm³/mol. The van der Waals surface area contributed by atoms with Gasteiger partial charge in [0.25, 0.3) is 0 Å². The normalized spacial score (nSPS) is 18.0. The van der Waals surface area contributed by atoms with Crippen molar-refractivity contribution in [3.8, 4) is 5.88 Å². The summed E-state index contributed by atoms with van der Waals surface area (Å²) in [7, 11) is 0. The third-order valence-corrected chi connectivity index (χ3v) is 3.54. The van der Waals surface area contributed by atoms with Crippen molar-refractivity contribution in [1.29, 1.82) is 0 Å². The van der Waals surface area contributed by atoms with Crippen LogP contribution in [0.25, 0.3) is 0 Å². The van der Waals surface area contributed by atoms with Gasteiger partial charge < -0.3 is 14.2 Å². The van der Waals surface area contributed by atoms with Crippen molar-refractivity contribution in [2.24, 2.45) is 0 Å². The number of ether oxygens (including phenoxy) is 1. The maximum Gasteiger partial charge on any atom is 0.242 e. The predicted octanol–water partition coefficient (Wildman–Crippen LogP) is 1.27. The Morgan fingerprint density at radius 1 is 1.33 bits per heavy atom. The Kier molecular flexibility index (Phi) is 3.85. The molecule has 0 radical (unpaired) electrons. The van der Waals surface area contributed by atoms with E-state index >= 15 is 0 Å². The van der Waals surface area contributed by atoms with E-state index in [9.17, 15) is 4.79 Å². The highest BCUT2D eigenvalue weighted by Crippen LogP contribution is 2.16. The summed E-state index contributed by atoms with van der Waals surface area (Å²) in [6.45, 7) is 3.60. The third-order valence-electron chi connectivity index (χ3n) is 3.54. The molecule has 3 rings (SSSR count). The van der Waals surface area contributed by atoms with Gasteiger partial charge in [-0.15, -0.1) is 5.10 Å². The van der Waals surface area contributed by atoms with Crippen LogP contribution in [-0.4, -0.2) is 44.8 Å². The largest absolute Gasteiger partial charge is 0.471 e. The molecule has 6 heteroatoms. The number of aromatic nitrogens is 3. The van der Waals surface area contributed by atoms with Crippen LogP contribution in [0.5, 0.6) is 5.88 Å². The number of amides is 1. The van der Waals surface area contributed by atoms with E-state index in [1.54, 1.807) is 0 Å². The van der Waals surface area contributed by atoms with E-state index in [4.69, 9.17) is 4.74 Å². The highest BCUT2D eigenvalue weighted by atomic mass is 16.5. The van der Waals surface area contributed by atoms with Crippen LogP contribution in [0.2, 0.25) is 0 Å². The van der Waals surface area contributed by atoms with Crippen molar-refractivity contribution in [3.05, 3.63) is 42.4 Å². The van der Waals surface area contributed by atoms with Gasteiger partial charge in [-0.3, -0.25) is 4.79 Å². The monoisotopic (exact) mass is 286 g/mol. The summed E-state index contributed by atoms with van der Waals surface area (Å²) in [5, 5.41) is 7.96. The molecule has 0 bridgehead atoms. The summed E-state index contributed by atoms with van der Waals surface area (Å²) in [5.74, 6) is 0.637. The highest BCUT2D eigenvalue weighted by Gasteiger charge is 2.27. The molecule has 1 fully saturated rings. The average Bonchev–Trinajstić information content (AvgIpc) is 3.13. The van der Waals surface area contributed by atoms with Crippen LogP contribution < -0.4 is 4.74 Å². The van der Waals surface area contributed by atoms with Gasteiger partial charge in [-0.2, -0.15) is 5.10 Å². The number of hydrogen-bond donors (Lipinski definition) is 0. The van der Waals surface area contributed by atoms with Crippen molar-refractivity contribution in [3.63, 3.8) is 0 Å². The summed E-state index contributed by atoms with van der Waals surface area (Å²) in [4.78, 5) is 14.0. The molecule has 1 atom stereocenters. The van der Waals surface area contributed by atoms with E-state index in [0.29, 0.717) is 19.0 Å². The lowest BCUT2D eigenvalue weighted by atomic mass is 10.3. The first-order valence-electron chi connectivity index (χ1n) is 7.06. The van der Waals surface area contributed by atoms with Gasteiger partial charge in [0.05, 0.1) is 12.2 Å². The van der Waals surface area contributed by atoms with E-state index < -0.39 is 0 Å². The Morgan fingerprint density at radius 2 is 2.14 bits per heavy atom. The molecule has 1 saturated heterocycles. The van der Waals surface area contributed by atoms with E-state index in [1.165, 1.54) is 0 Å². The average molecular weight is 286 g/mol. The zero-order chi connectivity index (χ0) is 14.7. The smallest absolute Gasteiger partial charge is 0.242 e. The fourth-order valence-electron chi connectivity index (χ4n) is 2.40. The number of likely N-dealkylation sites (tertiary alicyclic amines) is 1. The fourth-order valence-corrected chi connectivity index (χ4v) is 2.40. The second-order valence-electron chi connectivity index (χ2n) is 5.24. The van der Waals surface area contributed by atoms with Crippen LogP contribution in [0.4, 0.5) is 0 Å². The van der Waals surface area contributed by atoms with Crippen LogP contribution in [-0.2, 0) is 11.3 Å². The quantitative estimate of drug-likeness (QED) is 0.849. The van der Waals surface area contributed by atoms with Crippen LogP contribution in [0.1, 0.15) is 12.1 Å². The molecule has 1 aliphatic heterocycles. The second kappa shape index (κ2) is 5.95. The molecule has 1 unspecified atom stereocenters. The van der Waals surface area contributed by atoms with Crippen molar-refractivity contribution >= 4 is 5.91 Å². The zero-order valence-corrected chi connectivity index (χ0v) is 12.0. The van der Waals surface area contributed by atoms with Gasteiger partial charge in [0.1, 0.15) is 12.6 Å². The molecular weight excluding hydrogens is 268 g/mol. The standard InChI is InChI=1S/C15H18N4O2/c1-12-4-5-14(17-16-12)21-13-6-9-19(10-13)15(20)11-18-7-2-3-8-18/h2-5,7-8,13H,6,9-11H2,1H3. The molecule has 1 amide bonds. The maximum atomic E-state index is 12.2. The second-order valence-corrected chi connectivity index (χ2v) is 5.24. The molecule has 6 nitrogen and oxygen atoms in total. The maximum absolute atomic E-state index is 12.2. The van der Waals surface area contributed by atoms with E-state index in [-0.39, 0.29) is 12.0 Å². The Balaban J connectivity index is 1.53. The van der Waals surface area contributed by atoms with Gasteiger partial charge >= 0.3 is 0 Å². The number of aryl methyl sites for hydroxylation is 1. The number of nitrogens with zero attached hydrogens (tertiary/aromatic N) is 4. The third kappa shape index (κ3) is 3.39. The molecule has 0 N–H and O–H groups in total. The van der Waals surface area contributed by atoms with Crippen LogP contribution in [0.3, 0.4) is 0 Å². The van der Waals surface area contributed by atoms with Crippen LogP contribution >= 0.6 is 0 Å². The molecule has 0 aromatic carbocycles. The summed E-state index contributed by atoms with van der Waals surface area (Å²) >= 11 is 0. The molecule has 1 aliphatic rings. The van der Waals surface area contributed by atoms with Crippen molar-refractivity contribution in [2.75, 3.05) is 13.1 Å². The number of hydrogen-bond acceptors (Lipinski definition) is 4. The van der Waals surface area contributed by atoms with Gasteiger partial charge in [0.2, 0.25) is 11.8 Å². The molecule has 0 spiro atoms. The molecule has 21 heavy (non-hydrogen) atoms. The lowest BCUT2D eigenvalue weighted by molar-refractivity contribution is -0.131. The fraction of sp³-hybridized carbons (Fsp3) is 0.400. The molecule has 0 saturated carbocycles. The van der Waals surface area contributed by atoms with Crippen molar-refractivity contribution < 1.29 is 9.53 Å². The molecule has 2 aromatic heterocycles. The SMILES string of the molecule is Cc1ccc(OC2CCN(C(=O)Cn3cccc3)C2)nn1. The van der Waals surface area contributed by atoms with E-state index in [1.807, 2.05) is 53.0 Å². The van der Waals surface area contributed by atoms with Crippen molar-refractivity contribution in [2.45, 2.75) is 26.0 Å². The number of carbonyl (C=O) groups is 1. The first-order valence-corrected chi connectivity index (χ1v) is 7.06. The minimum atomic E-state index is -0.00406. The Bertz CT molecular complexity index is 595. The Morgan fingerprint density at radius 3 is 2.86 bits per heavy atom. The molecule has 0 aliphatic carbocycles. The summed E-state index contributed by atoms with van der Waals surface area (Å²) in [6, 6.07) is 7.51. The highest BCUT2D eigenvalue weighted by molar-refractivity contribution is 5.76. The van der Waals surface area contributed by atoms with Gasteiger partial charge in [-0.25, -0.2) is 0 Å². The molecule has 110 valence electrons. The summed E-state index contributed by atoms with van der Waals surface area (Å²) < 4.78 is 7.65. The minimum absolute atomic E-state index is 0.00406. The molecule has 3 heterocycles. The lowest BCUT2D eigenvalue weighted by Crippen LogP contribution is -2.33. The van der Waals surface area contributed by atoms with E-state index in [2.05, 4.69) is 10.2 Å². The topological polar surface area (TPSA) is 60.2 Å². The first kappa shape index (κ1) is 13.6. The minimum Gasteiger partial charge on any atom is -0.471 e. The zero-order valence-electron chi connectivity index (χ0n) is 12.0. The van der Waals surface area contributed by atoms with Crippen LogP contribution in [0, 0.1) is 6.92 Å². The Labute approximate surface area is 123 Å². The van der Waals surface area contributed by atoms with Crippen molar-refractivity contribution in [1.82, 2.24) is 19.7 Å². The van der Waals surface area contributed by atoms with Crippen LogP contribution in [0.15, 0.2) is 36.7 Å². The number of rotatable bonds is 4. The lowest BCUT2D eigenvalue weighted by Gasteiger charge is -2.17. The molecular formula is C15H18N4O2. The summed E-state index contributed by atoms with van der Waals surface area (Å²) in [5.41, 5.74) is 0.859.